The molecule has 1 aliphatic rings. The Morgan fingerprint density at radius 2 is 2.15 bits per heavy atom. The van der Waals surface area contributed by atoms with E-state index < -0.39 is 0 Å². The molecular formula is C16H28N4. The van der Waals surface area contributed by atoms with E-state index >= 15 is 0 Å². The van der Waals surface area contributed by atoms with Gasteiger partial charge in [-0.2, -0.15) is 0 Å². The third-order valence-electron chi connectivity index (χ3n) is 4.20. The number of nitrogens with zero attached hydrogens (tertiary/aromatic N) is 3. The second-order valence-corrected chi connectivity index (χ2v) is 6.45. The van der Waals surface area contributed by atoms with Crippen molar-refractivity contribution in [3.8, 4) is 0 Å². The third kappa shape index (κ3) is 3.92. The zero-order chi connectivity index (χ0) is 14.5. The molecule has 4 nitrogen and oxygen atoms in total. The molecule has 1 saturated heterocycles. The second-order valence-electron chi connectivity index (χ2n) is 6.45. The minimum absolute atomic E-state index is 0.553. The van der Waals surface area contributed by atoms with Crippen LogP contribution in [0.15, 0.2) is 12.4 Å². The lowest BCUT2D eigenvalue weighted by Crippen LogP contribution is -2.43. The highest BCUT2D eigenvalue weighted by Crippen LogP contribution is 2.26. The van der Waals surface area contributed by atoms with Crippen molar-refractivity contribution in [3.05, 3.63) is 18.1 Å². The van der Waals surface area contributed by atoms with Gasteiger partial charge in [0, 0.05) is 25.3 Å². The van der Waals surface area contributed by atoms with Crippen molar-refractivity contribution in [1.82, 2.24) is 15.3 Å². The Balaban J connectivity index is 2.01. The van der Waals surface area contributed by atoms with E-state index in [4.69, 9.17) is 4.98 Å². The quantitative estimate of drug-likeness (QED) is 0.898. The zero-order valence-corrected chi connectivity index (χ0v) is 13.3. The Labute approximate surface area is 123 Å². The highest BCUT2D eigenvalue weighted by atomic mass is 15.2. The van der Waals surface area contributed by atoms with Gasteiger partial charge < -0.3 is 10.2 Å². The van der Waals surface area contributed by atoms with E-state index in [-0.39, 0.29) is 0 Å². The number of piperidine rings is 1. The monoisotopic (exact) mass is 276 g/mol. The van der Waals surface area contributed by atoms with Gasteiger partial charge in [-0.3, -0.25) is 4.98 Å². The SMILES string of the molecule is CC(C)CNCc1cncc(N2CCCC(C)C2C)n1. The lowest BCUT2D eigenvalue weighted by atomic mass is 9.92. The molecule has 1 aliphatic heterocycles. The minimum atomic E-state index is 0.553. The summed E-state index contributed by atoms with van der Waals surface area (Å²) in [5.74, 6) is 2.43. The fourth-order valence-electron chi connectivity index (χ4n) is 2.77. The van der Waals surface area contributed by atoms with Crippen LogP contribution in [0.5, 0.6) is 0 Å². The molecule has 4 heteroatoms. The molecule has 1 N–H and O–H groups in total. The molecule has 0 spiro atoms. The highest BCUT2D eigenvalue weighted by Gasteiger charge is 2.25. The molecule has 0 saturated carbocycles. The summed E-state index contributed by atoms with van der Waals surface area (Å²) in [5, 5.41) is 3.43. The van der Waals surface area contributed by atoms with Gasteiger partial charge >= 0.3 is 0 Å². The summed E-state index contributed by atoms with van der Waals surface area (Å²) in [6, 6.07) is 0.553. The molecule has 2 unspecified atom stereocenters. The van der Waals surface area contributed by atoms with E-state index in [1.54, 1.807) is 0 Å². The first-order valence-electron chi connectivity index (χ1n) is 7.86. The molecule has 20 heavy (non-hydrogen) atoms. The standard InChI is InChI=1S/C16H28N4/c1-12(2)8-17-9-15-10-18-11-16(19-15)20-7-5-6-13(3)14(20)4/h10-14,17H,5-9H2,1-4H3. The van der Waals surface area contributed by atoms with E-state index in [9.17, 15) is 0 Å². The molecule has 1 fully saturated rings. The van der Waals surface area contributed by atoms with E-state index in [1.807, 2.05) is 12.4 Å². The molecule has 112 valence electrons. The molecule has 0 aliphatic carbocycles. The number of hydrogen-bond acceptors (Lipinski definition) is 4. The van der Waals surface area contributed by atoms with Crippen LogP contribution in [-0.4, -0.2) is 29.1 Å². The second kappa shape index (κ2) is 7.02. The Kier molecular flexibility index (Phi) is 5.35. The first-order chi connectivity index (χ1) is 9.58. The fourth-order valence-corrected chi connectivity index (χ4v) is 2.77. The van der Waals surface area contributed by atoms with E-state index in [1.165, 1.54) is 12.8 Å². The maximum absolute atomic E-state index is 4.78. The van der Waals surface area contributed by atoms with Crippen molar-refractivity contribution in [3.63, 3.8) is 0 Å². The van der Waals surface area contributed by atoms with Crippen molar-refractivity contribution >= 4 is 5.82 Å². The topological polar surface area (TPSA) is 41.1 Å². The molecule has 2 atom stereocenters. The number of anilines is 1. The molecule has 0 aromatic carbocycles. The first kappa shape index (κ1) is 15.2. The summed E-state index contributed by atoms with van der Waals surface area (Å²) in [6.45, 7) is 12.0. The van der Waals surface area contributed by atoms with Crippen LogP contribution in [0.2, 0.25) is 0 Å². The van der Waals surface area contributed by atoms with Crippen LogP contribution in [0.25, 0.3) is 0 Å². The van der Waals surface area contributed by atoms with Crippen LogP contribution in [0.4, 0.5) is 5.82 Å². The predicted octanol–water partition coefficient (Wildman–Crippen LogP) is 2.85. The van der Waals surface area contributed by atoms with Gasteiger partial charge in [0.25, 0.3) is 0 Å². The van der Waals surface area contributed by atoms with Gasteiger partial charge in [0.05, 0.1) is 11.9 Å². The maximum atomic E-state index is 4.78. The van der Waals surface area contributed by atoms with E-state index in [0.717, 1.165) is 37.1 Å². The molecule has 2 heterocycles. The molecule has 0 radical (unpaired) electrons. The van der Waals surface area contributed by atoms with Gasteiger partial charge in [-0.25, -0.2) is 4.98 Å². The van der Waals surface area contributed by atoms with Crippen molar-refractivity contribution in [1.29, 1.82) is 0 Å². The summed E-state index contributed by atoms with van der Waals surface area (Å²) in [6.07, 6.45) is 6.35. The lowest BCUT2D eigenvalue weighted by molar-refractivity contribution is 0.361. The van der Waals surface area contributed by atoms with Crippen molar-refractivity contribution in [2.45, 2.75) is 53.1 Å². The van der Waals surface area contributed by atoms with Crippen molar-refractivity contribution in [2.75, 3.05) is 18.0 Å². The van der Waals surface area contributed by atoms with Crippen LogP contribution in [0.1, 0.15) is 46.2 Å². The van der Waals surface area contributed by atoms with Crippen LogP contribution in [0.3, 0.4) is 0 Å². The van der Waals surface area contributed by atoms with Gasteiger partial charge in [0.15, 0.2) is 0 Å². The minimum Gasteiger partial charge on any atom is -0.352 e. The van der Waals surface area contributed by atoms with Gasteiger partial charge in [0.2, 0.25) is 0 Å². The largest absolute Gasteiger partial charge is 0.352 e. The first-order valence-corrected chi connectivity index (χ1v) is 7.86. The van der Waals surface area contributed by atoms with Crippen LogP contribution in [-0.2, 0) is 6.54 Å². The van der Waals surface area contributed by atoms with Crippen LogP contribution in [0, 0.1) is 11.8 Å². The van der Waals surface area contributed by atoms with Gasteiger partial charge in [-0.05, 0) is 38.1 Å². The fraction of sp³-hybridized carbons (Fsp3) is 0.750. The summed E-state index contributed by atoms with van der Waals surface area (Å²) in [4.78, 5) is 11.6. The summed E-state index contributed by atoms with van der Waals surface area (Å²) >= 11 is 0. The van der Waals surface area contributed by atoms with Crippen LogP contribution < -0.4 is 10.2 Å². The molecular weight excluding hydrogens is 248 g/mol. The van der Waals surface area contributed by atoms with Gasteiger partial charge in [0.1, 0.15) is 5.82 Å². The van der Waals surface area contributed by atoms with Gasteiger partial charge in [-0.1, -0.05) is 20.8 Å². The number of hydrogen-bond donors (Lipinski definition) is 1. The predicted molar refractivity (Wildman–Crippen MR) is 83.8 cm³/mol. The molecule has 1 aromatic heterocycles. The van der Waals surface area contributed by atoms with E-state index in [2.05, 4.69) is 42.9 Å². The summed E-state index contributed by atoms with van der Waals surface area (Å²) < 4.78 is 0. The molecule has 1 aromatic rings. The van der Waals surface area contributed by atoms with E-state index in [0.29, 0.717) is 12.0 Å². The Morgan fingerprint density at radius 1 is 1.35 bits per heavy atom. The zero-order valence-electron chi connectivity index (χ0n) is 13.3. The Morgan fingerprint density at radius 3 is 2.90 bits per heavy atom. The third-order valence-corrected chi connectivity index (χ3v) is 4.20. The Hall–Kier alpha value is -1.16. The smallest absolute Gasteiger partial charge is 0.147 e. The number of rotatable bonds is 5. The van der Waals surface area contributed by atoms with Crippen LogP contribution >= 0.6 is 0 Å². The normalized spacial score (nSPS) is 23.4. The van der Waals surface area contributed by atoms with Crippen molar-refractivity contribution < 1.29 is 0 Å². The summed E-state index contributed by atoms with van der Waals surface area (Å²) in [7, 11) is 0. The average Bonchev–Trinajstić information content (AvgIpc) is 2.42. The maximum Gasteiger partial charge on any atom is 0.147 e. The highest BCUT2D eigenvalue weighted by molar-refractivity contribution is 5.38. The molecule has 2 rings (SSSR count). The number of aromatic nitrogens is 2. The Bertz CT molecular complexity index is 419. The molecule has 0 bridgehead atoms. The molecule has 0 amide bonds. The number of nitrogens with one attached hydrogen (secondary N) is 1. The lowest BCUT2D eigenvalue weighted by Gasteiger charge is -2.38. The average molecular weight is 276 g/mol. The van der Waals surface area contributed by atoms with Crippen molar-refractivity contribution in [2.24, 2.45) is 11.8 Å². The van der Waals surface area contributed by atoms with Gasteiger partial charge in [-0.15, -0.1) is 0 Å². The summed E-state index contributed by atoms with van der Waals surface area (Å²) in [5.41, 5.74) is 1.04.